The van der Waals surface area contributed by atoms with Gasteiger partial charge in [0.25, 0.3) is 0 Å². The van der Waals surface area contributed by atoms with Crippen LogP contribution in [0.5, 0.6) is 0 Å². The fourth-order valence-corrected chi connectivity index (χ4v) is 6.21. The minimum Gasteiger partial charge on any atom is -0.370 e. The van der Waals surface area contributed by atoms with E-state index < -0.39 is 10.0 Å². The summed E-state index contributed by atoms with van der Waals surface area (Å²) in [7, 11) is -0.175. The molecule has 1 saturated heterocycles. The molecule has 1 saturated carbocycles. The number of sulfonamides is 1. The van der Waals surface area contributed by atoms with Gasteiger partial charge in [0.2, 0.25) is 15.9 Å². The van der Waals surface area contributed by atoms with E-state index in [1.807, 2.05) is 20.0 Å². The van der Waals surface area contributed by atoms with Gasteiger partial charge in [-0.25, -0.2) is 8.42 Å². The monoisotopic (exact) mass is 479 g/mol. The molecule has 3 rings (SSSR count). The number of ether oxygens (including phenoxy) is 1. The van der Waals surface area contributed by atoms with Crippen LogP contribution in [0, 0.1) is 18.8 Å². The van der Waals surface area contributed by atoms with Gasteiger partial charge in [-0.05, 0) is 88.1 Å². The Hall–Kier alpha value is -1.48. The van der Waals surface area contributed by atoms with E-state index >= 15 is 0 Å². The molecule has 2 aliphatic rings. The van der Waals surface area contributed by atoms with Gasteiger partial charge in [-0.2, -0.15) is 4.31 Å². The number of carbonyl (C=O) groups excluding carboxylic acids is 1. The number of carbonyl (C=O) groups is 1. The van der Waals surface area contributed by atoms with E-state index in [0.717, 1.165) is 18.0 Å². The van der Waals surface area contributed by atoms with Crippen molar-refractivity contribution >= 4 is 15.9 Å². The van der Waals surface area contributed by atoms with Crippen molar-refractivity contribution in [2.45, 2.75) is 50.3 Å². The number of aryl methyl sites for hydroxylation is 1. The molecule has 0 spiro atoms. The molecule has 186 valence electrons. The summed E-state index contributed by atoms with van der Waals surface area (Å²) in [5.41, 5.74) is 0.898. The van der Waals surface area contributed by atoms with Gasteiger partial charge in [0.1, 0.15) is 6.61 Å². The predicted octanol–water partition coefficient (Wildman–Crippen LogP) is 2.99. The third-order valence-corrected chi connectivity index (χ3v) is 8.97. The molecule has 1 amide bonds. The molecule has 7 nitrogen and oxygen atoms in total. The standard InChI is InChI=1S/C25H41N3O4S/c1-21-7-6-8-24(17-21)33(30,31)27(3)15-16-32-20-25(29)26(2)18-22-9-11-23(12-10-22)19-28-13-4-5-14-28/h6-8,17,22-23H,4-5,9-16,18-20H2,1-3H3. The van der Waals surface area contributed by atoms with E-state index in [2.05, 4.69) is 4.90 Å². The second kappa shape index (κ2) is 12.3. The molecule has 0 unspecified atom stereocenters. The van der Waals surface area contributed by atoms with Gasteiger partial charge in [0.05, 0.1) is 11.5 Å². The smallest absolute Gasteiger partial charge is 0.248 e. The number of nitrogens with zero attached hydrogens (tertiary/aromatic N) is 3. The highest BCUT2D eigenvalue weighted by molar-refractivity contribution is 7.89. The van der Waals surface area contributed by atoms with Gasteiger partial charge in [0, 0.05) is 33.7 Å². The van der Waals surface area contributed by atoms with Crippen LogP contribution in [0.25, 0.3) is 0 Å². The molecule has 1 aliphatic heterocycles. The Labute approximate surface area is 200 Å². The first kappa shape index (κ1) is 26.1. The third kappa shape index (κ3) is 7.77. The summed E-state index contributed by atoms with van der Waals surface area (Å²) >= 11 is 0. The van der Waals surface area contributed by atoms with Crippen LogP contribution in [0.3, 0.4) is 0 Å². The molecule has 0 N–H and O–H groups in total. The first-order valence-corrected chi connectivity index (χ1v) is 13.8. The maximum absolute atomic E-state index is 12.7. The Morgan fingerprint density at radius 1 is 1.09 bits per heavy atom. The van der Waals surface area contributed by atoms with Crippen molar-refractivity contribution in [2.75, 3.05) is 60.0 Å². The Kier molecular flexibility index (Phi) is 9.73. The molecule has 1 aromatic rings. The van der Waals surface area contributed by atoms with Crippen LogP contribution in [-0.4, -0.2) is 88.5 Å². The molecule has 1 aliphatic carbocycles. The summed E-state index contributed by atoms with van der Waals surface area (Å²) in [6, 6.07) is 6.86. The van der Waals surface area contributed by atoms with Gasteiger partial charge in [-0.1, -0.05) is 12.1 Å². The predicted molar refractivity (Wildman–Crippen MR) is 131 cm³/mol. The lowest BCUT2D eigenvalue weighted by atomic mass is 9.81. The van der Waals surface area contributed by atoms with E-state index in [9.17, 15) is 13.2 Å². The average Bonchev–Trinajstić information content (AvgIpc) is 3.30. The maximum Gasteiger partial charge on any atom is 0.248 e. The van der Waals surface area contributed by atoms with Crippen molar-refractivity contribution in [3.05, 3.63) is 29.8 Å². The fourth-order valence-electron chi connectivity index (χ4n) is 4.95. The highest BCUT2D eigenvalue weighted by Crippen LogP contribution is 2.30. The van der Waals surface area contributed by atoms with Crippen LogP contribution < -0.4 is 0 Å². The summed E-state index contributed by atoms with van der Waals surface area (Å²) in [5, 5.41) is 0. The number of hydrogen-bond donors (Lipinski definition) is 0. The second-order valence-electron chi connectivity index (χ2n) is 9.86. The van der Waals surface area contributed by atoms with E-state index in [4.69, 9.17) is 4.74 Å². The molecule has 1 heterocycles. The summed E-state index contributed by atoms with van der Waals surface area (Å²) in [5.74, 6) is 1.34. The molecule has 8 heteroatoms. The van der Waals surface area contributed by atoms with Crippen molar-refractivity contribution in [1.29, 1.82) is 0 Å². The van der Waals surface area contributed by atoms with Gasteiger partial charge >= 0.3 is 0 Å². The lowest BCUT2D eigenvalue weighted by Crippen LogP contribution is -2.37. The van der Waals surface area contributed by atoms with E-state index in [0.29, 0.717) is 5.92 Å². The van der Waals surface area contributed by atoms with Crippen molar-refractivity contribution < 1.29 is 17.9 Å². The summed E-state index contributed by atoms with van der Waals surface area (Å²) in [6.07, 6.45) is 7.62. The van der Waals surface area contributed by atoms with Gasteiger partial charge in [-0.15, -0.1) is 0 Å². The fraction of sp³-hybridized carbons (Fsp3) is 0.720. The first-order chi connectivity index (χ1) is 15.8. The summed E-state index contributed by atoms with van der Waals surface area (Å²) in [6.45, 7) is 6.81. The molecule has 0 bridgehead atoms. The molecule has 2 fully saturated rings. The van der Waals surface area contributed by atoms with Crippen LogP contribution in [-0.2, 0) is 19.6 Å². The van der Waals surface area contributed by atoms with Crippen LogP contribution in [0.15, 0.2) is 29.2 Å². The van der Waals surface area contributed by atoms with Crippen molar-refractivity contribution in [1.82, 2.24) is 14.1 Å². The highest BCUT2D eigenvalue weighted by atomic mass is 32.2. The van der Waals surface area contributed by atoms with E-state index in [-0.39, 0.29) is 30.6 Å². The Bertz CT molecular complexity index is 862. The second-order valence-corrected chi connectivity index (χ2v) is 11.9. The summed E-state index contributed by atoms with van der Waals surface area (Å²) in [4.78, 5) is 17.1. The molecular formula is C25H41N3O4S. The zero-order chi connectivity index (χ0) is 23.8. The third-order valence-electron chi connectivity index (χ3n) is 7.11. The van der Waals surface area contributed by atoms with Crippen molar-refractivity contribution in [3.63, 3.8) is 0 Å². The Morgan fingerprint density at radius 3 is 2.42 bits per heavy atom. The van der Waals surface area contributed by atoms with Gasteiger partial charge < -0.3 is 14.5 Å². The highest BCUT2D eigenvalue weighted by Gasteiger charge is 2.26. The number of likely N-dealkylation sites (tertiary alicyclic amines) is 1. The molecule has 0 radical (unpaired) electrons. The van der Waals surface area contributed by atoms with Gasteiger partial charge in [-0.3, -0.25) is 4.79 Å². The lowest BCUT2D eigenvalue weighted by molar-refractivity contribution is -0.135. The number of rotatable bonds is 11. The number of hydrogen-bond acceptors (Lipinski definition) is 5. The molecule has 0 atom stereocenters. The maximum atomic E-state index is 12.7. The van der Waals surface area contributed by atoms with Crippen LogP contribution in [0.2, 0.25) is 0 Å². The van der Waals surface area contributed by atoms with Crippen LogP contribution in [0.4, 0.5) is 0 Å². The SMILES string of the molecule is Cc1cccc(S(=O)(=O)N(C)CCOCC(=O)N(C)CC2CCC(CN3CCCC3)CC2)c1. The number of likely N-dealkylation sites (N-methyl/N-ethyl adjacent to an activating group) is 2. The first-order valence-electron chi connectivity index (χ1n) is 12.3. The van der Waals surface area contributed by atoms with Crippen LogP contribution >= 0.6 is 0 Å². The Balaban J connectivity index is 1.32. The average molecular weight is 480 g/mol. The molecule has 33 heavy (non-hydrogen) atoms. The number of amides is 1. The minimum absolute atomic E-state index is 0.0147. The Morgan fingerprint density at radius 2 is 1.76 bits per heavy atom. The zero-order valence-electron chi connectivity index (χ0n) is 20.5. The topological polar surface area (TPSA) is 70.2 Å². The molecule has 0 aromatic heterocycles. The normalized spacial score (nSPS) is 22.1. The van der Waals surface area contributed by atoms with Crippen molar-refractivity contribution in [2.24, 2.45) is 11.8 Å². The molecular weight excluding hydrogens is 438 g/mol. The van der Waals surface area contributed by atoms with Crippen molar-refractivity contribution in [3.8, 4) is 0 Å². The molecule has 1 aromatic carbocycles. The summed E-state index contributed by atoms with van der Waals surface area (Å²) < 4.78 is 32.1. The van der Waals surface area contributed by atoms with E-state index in [1.165, 1.54) is 69.5 Å². The number of benzene rings is 1. The minimum atomic E-state index is -3.56. The van der Waals surface area contributed by atoms with Gasteiger partial charge in [0.15, 0.2) is 0 Å². The van der Waals surface area contributed by atoms with Crippen LogP contribution in [0.1, 0.15) is 44.1 Å². The zero-order valence-corrected chi connectivity index (χ0v) is 21.4. The lowest BCUT2D eigenvalue weighted by Gasteiger charge is -2.33. The largest absolute Gasteiger partial charge is 0.370 e. The quantitative estimate of drug-likeness (QED) is 0.457. The van der Waals surface area contributed by atoms with E-state index in [1.54, 1.807) is 23.1 Å².